The fourth-order valence-electron chi connectivity index (χ4n) is 1.71. The number of aromatic carboxylic acids is 1. The number of hydrogen-bond acceptors (Lipinski definition) is 3. The van der Waals surface area contributed by atoms with Gasteiger partial charge in [0.15, 0.2) is 5.69 Å². The third-order valence-electron chi connectivity index (χ3n) is 2.64. The van der Waals surface area contributed by atoms with Crippen molar-refractivity contribution in [2.24, 2.45) is 0 Å². The summed E-state index contributed by atoms with van der Waals surface area (Å²) >= 11 is 0. The summed E-state index contributed by atoms with van der Waals surface area (Å²) in [5, 5.41) is 9.04. The van der Waals surface area contributed by atoms with Crippen molar-refractivity contribution in [1.82, 2.24) is 4.98 Å². The molecule has 0 aliphatic heterocycles. The number of alkyl halides is 3. The Morgan fingerprint density at radius 1 is 1.10 bits per heavy atom. The zero-order valence-electron chi connectivity index (χ0n) is 9.98. The fourth-order valence-corrected chi connectivity index (χ4v) is 1.71. The van der Waals surface area contributed by atoms with Gasteiger partial charge in [-0.2, -0.15) is 13.2 Å². The molecule has 1 aromatic heterocycles. The number of carboxylic acids is 1. The summed E-state index contributed by atoms with van der Waals surface area (Å²) < 4.78 is 37.4. The van der Waals surface area contributed by atoms with E-state index in [1.165, 1.54) is 24.3 Å². The predicted molar refractivity (Wildman–Crippen MR) is 66.0 cm³/mol. The number of carboxylic acid groups (broad SMARTS) is 1. The van der Waals surface area contributed by atoms with E-state index in [-0.39, 0.29) is 17.1 Å². The normalized spacial score (nSPS) is 11.3. The van der Waals surface area contributed by atoms with Gasteiger partial charge in [-0.3, -0.25) is 0 Å². The summed E-state index contributed by atoms with van der Waals surface area (Å²) in [7, 11) is 0. The quantitative estimate of drug-likeness (QED) is 0.887. The number of nitrogen functional groups attached to an aromatic ring is 1. The monoisotopic (exact) mass is 282 g/mol. The number of nitrogens with two attached hydrogens (primary N) is 1. The number of halogens is 3. The maximum atomic E-state index is 12.5. The molecule has 0 spiro atoms. The molecule has 0 atom stereocenters. The molecule has 1 aromatic carbocycles. The van der Waals surface area contributed by atoms with Crippen LogP contribution in [0.3, 0.4) is 0 Å². The highest BCUT2D eigenvalue weighted by Gasteiger charge is 2.30. The number of carbonyl (C=O) groups is 1. The number of rotatable bonds is 2. The average Bonchev–Trinajstić information content (AvgIpc) is 2.37. The molecular weight excluding hydrogens is 273 g/mol. The molecule has 0 amide bonds. The molecule has 0 aliphatic carbocycles. The minimum atomic E-state index is -4.44. The Hall–Kier alpha value is -2.57. The second kappa shape index (κ2) is 4.84. The van der Waals surface area contributed by atoms with Crippen molar-refractivity contribution < 1.29 is 23.1 Å². The van der Waals surface area contributed by atoms with Crippen LogP contribution in [0.1, 0.15) is 16.1 Å². The third kappa shape index (κ3) is 2.71. The minimum absolute atomic E-state index is 0.0260. The van der Waals surface area contributed by atoms with Crippen LogP contribution in [0.2, 0.25) is 0 Å². The lowest BCUT2D eigenvalue weighted by Gasteiger charge is -2.09. The number of nitrogens with zero attached hydrogens (tertiary/aromatic N) is 1. The topological polar surface area (TPSA) is 76.2 Å². The average molecular weight is 282 g/mol. The van der Waals surface area contributed by atoms with Gasteiger partial charge in [0.25, 0.3) is 0 Å². The fraction of sp³-hybridized carbons (Fsp3) is 0.0769. The highest BCUT2D eigenvalue weighted by atomic mass is 19.4. The molecule has 0 unspecified atom stereocenters. The molecule has 2 rings (SSSR count). The standard InChI is InChI=1S/C13H9F3N2O2/c14-13(15,16)8-3-1-7(2-4-8)9-5-6-10(17)18-11(9)12(19)20/h1-6H,(H2,17,18)(H,19,20). The first-order chi connectivity index (χ1) is 9.29. The number of anilines is 1. The Morgan fingerprint density at radius 3 is 2.20 bits per heavy atom. The molecule has 20 heavy (non-hydrogen) atoms. The molecule has 0 saturated carbocycles. The van der Waals surface area contributed by atoms with Crippen LogP contribution >= 0.6 is 0 Å². The molecule has 0 radical (unpaired) electrons. The summed E-state index contributed by atoms with van der Waals surface area (Å²) in [6, 6.07) is 6.97. The molecule has 7 heteroatoms. The van der Waals surface area contributed by atoms with Crippen molar-refractivity contribution in [3.05, 3.63) is 47.7 Å². The summed E-state index contributed by atoms with van der Waals surface area (Å²) in [6.45, 7) is 0. The van der Waals surface area contributed by atoms with Crippen LogP contribution in [0.25, 0.3) is 11.1 Å². The van der Waals surface area contributed by atoms with Gasteiger partial charge < -0.3 is 10.8 Å². The largest absolute Gasteiger partial charge is 0.476 e. The minimum Gasteiger partial charge on any atom is -0.476 e. The van der Waals surface area contributed by atoms with E-state index in [0.29, 0.717) is 5.56 Å². The molecule has 0 saturated heterocycles. The number of benzene rings is 1. The summed E-state index contributed by atoms with van der Waals surface area (Å²) in [6.07, 6.45) is -4.44. The molecule has 1 heterocycles. The van der Waals surface area contributed by atoms with Gasteiger partial charge in [0, 0.05) is 5.56 Å². The van der Waals surface area contributed by atoms with Gasteiger partial charge in [-0.25, -0.2) is 9.78 Å². The maximum Gasteiger partial charge on any atom is 0.416 e. The van der Waals surface area contributed by atoms with E-state index >= 15 is 0 Å². The third-order valence-corrected chi connectivity index (χ3v) is 2.64. The van der Waals surface area contributed by atoms with Crippen molar-refractivity contribution in [1.29, 1.82) is 0 Å². The first-order valence-electron chi connectivity index (χ1n) is 5.46. The second-order valence-corrected chi connectivity index (χ2v) is 4.01. The Kier molecular flexibility index (Phi) is 3.35. The summed E-state index contributed by atoms with van der Waals surface area (Å²) in [5.74, 6) is -1.27. The second-order valence-electron chi connectivity index (χ2n) is 4.01. The number of pyridine rings is 1. The lowest BCUT2D eigenvalue weighted by molar-refractivity contribution is -0.137. The van der Waals surface area contributed by atoms with E-state index in [2.05, 4.69) is 4.98 Å². The van der Waals surface area contributed by atoms with Crippen molar-refractivity contribution in [2.45, 2.75) is 6.18 Å². The van der Waals surface area contributed by atoms with Crippen molar-refractivity contribution in [3.8, 4) is 11.1 Å². The molecule has 104 valence electrons. The van der Waals surface area contributed by atoms with Gasteiger partial charge in [0.1, 0.15) is 5.82 Å². The van der Waals surface area contributed by atoms with Crippen LogP contribution in [0.4, 0.5) is 19.0 Å². The van der Waals surface area contributed by atoms with Gasteiger partial charge >= 0.3 is 12.1 Å². The molecular formula is C13H9F3N2O2. The molecule has 3 N–H and O–H groups in total. The lowest BCUT2D eigenvalue weighted by atomic mass is 10.0. The van der Waals surface area contributed by atoms with E-state index < -0.39 is 17.7 Å². The highest BCUT2D eigenvalue weighted by Crippen LogP contribution is 2.31. The first-order valence-corrected chi connectivity index (χ1v) is 5.46. The van der Waals surface area contributed by atoms with E-state index in [0.717, 1.165) is 12.1 Å². The Bertz CT molecular complexity index is 652. The van der Waals surface area contributed by atoms with Gasteiger partial charge in [-0.05, 0) is 29.8 Å². The van der Waals surface area contributed by atoms with E-state index in [1.54, 1.807) is 0 Å². The van der Waals surface area contributed by atoms with Crippen LogP contribution in [-0.4, -0.2) is 16.1 Å². The highest BCUT2D eigenvalue weighted by molar-refractivity contribution is 5.94. The van der Waals surface area contributed by atoms with Crippen LogP contribution in [-0.2, 0) is 6.18 Å². The molecule has 0 bridgehead atoms. The summed E-state index contributed by atoms with van der Waals surface area (Å²) in [5.41, 5.74) is 4.83. The van der Waals surface area contributed by atoms with Crippen molar-refractivity contribution in [3.63, 3.8) is 0 Å². The Balaban J connectivity index is 2.50. The van der Waals surface area contributed by atoms with Gasteiger partial charge in [0.2, 0.25) is 0 Å². The zero-order valence-corrected chi connectivity index (χ0v) is 9.98. The van der Waals surface area contributed by atoms with E-state index in [1.807, 2.05) is 0 Å². The molecule has 2 aromatic rings. The van der Waals surface area contributed by atoms with Crippen LogP contribution < -0.4 is 5.73 Å². The maximum absolute atomic E-state index is 12.5. The number of aromatic nitrogens is 1. The predicted octanol–water partition coefficient (Wildman–Crippen LogP) is 3.05. The van der Waals surface area contributed by atoms with Crippen LogP contribution in [0, 0.1) is 0 Å². The van der Waals surface area contributed by atoms with Gasteiger partial charge in [-0.15, -0.1) is 0 Å². The summed E-state index contributed by atoms with van der Waals surface area (Å²) in [4.78, 5) is 14.8. The first kappa shape index (κ1) is 13.9. The Morgan fingerprint density at radius 2 is 1.70 bits per heavy atom. The Labute approximate surface area is 111 Å². The molecule has 4 nitrogen and oxygen atoms in total. The van der Waals surface area contributed by atoms with Crippen molar-refractivity contribution in [2.75, 3.05) is 5.73 Å². The molecule has 0 fully saturated rings. The number of hydrogen-bond donors (Lipinski definition) is 2. The SMILES string of the molecule is Nc1ccc(-c2ccc(C(F)(F)F)cc2)c(C(=O)O)n1. The molecule has 0 aliphatic rings. The van der Waals surface area contributed by atoms with Gasteiger partial charge in [-0.1, -0.05) is 12.1 Å². The van der Waals surface area contributed by atoms with E-state index in [4.69, 9.17) is 10.8 Å². The van der Waals surface area contributed by atoms with Crippen LogP contribution in [0.15, 0.2) is 36.4 Å². The van der Waals surface area contributed by atoms with E-state index in [9.17, 15) is 18.0 Å². The lowest BCUT2D eigenvalue weighted by Crippen LogP contribution is -2.06. The zero-order chi connectivity index (χ0) is 14.9. The van der Waals surface area contributed by atoms with Crippen LogP contribution in [0.5, 0.6) is 0 Å². The smallest absolute Gasteiger partial charge is 0.416 e. The van der Waals surface area contributed by atoms with Gasteiger partial charge in [0.05, 0.1) is 5.56 Å². The van der Waals surface area contributed by atoms with Crippen molar-refractivity contribution >= 4 is 11.8 Å².